The largest absolute Gasteiger partial charge is 0.318 e. The van der Waals surface area contributed by atoms with Gasteiger partial charge in [0.05, 0.1) is 11.6 Å². The molecule has 0 spiro atoms. The number of aromatic nitrogens is 1. The molecule has 3 rings (SSSR count). The average Bonchev–Trinajstić information content (AvgIpc) is 2.85. The van der Waals surface area contributed by atoms with Crippen LogP contribution in [0.3, 0.4) is 0 Å². The third kappa shape index (κ3) is 3.45. The lowest BCUT2D eigenvalue weighted by molar-refractivity contribution is 0.627. The van der Waals surface area contributed by atoms with Crippen LogP contribution in [0.1, 0.15) is 33.6 Å². The van der Waals surface area contributed by atoms with Crippen molar-refractivity contribution in [1.29, 1.82) is 5.26 Å². The van der Waals surface area contributed by atoms with Crippen LogP contribution in [0.25, 0.3) is 17.3 Å². The van der Waals surface area contributed by atoms with Crippen molar-refractivity contribution in [2.75, 3.05) is 0 Å². The molecule has 3 heteroatoms. The highest BCUT2D eigenvalue weighted by Crippen LogP contribution is 2.26. The molecule has 0 aliphatic carbocycles. The monoisotopic (exact) mass is 344 g/mol. The lowest BCUT2D eigenvalue weighted by Gasteiger charge is -2.12. The first-order chi connectivity index (χ1) is 12.4. The highest BCUT2D eigenvalue weighted by atomic mass is 19.1. The molecule has 0 bridgehead atoms. The van der Waals surface area contributed by atoms with Gasteiger partial charge < -0.3 is 4.57 Å². The molecule has 0 saturated carbocycles. The second kappa shape index (κ2) is 7.01. The standard InChI is InChI=1S/C23H21FN2/c1-15-8-16(2)10-23(9-15)26-17(3)11-20(18(26)4)12-21(14-25)19-6-5-7-22(24)13-19/h5-13H,1-4H3/b21-12-. The maximum atomic E-state index is 13.5. The van der Waals surface area contributed by atoms with Gasteiger partial charge in [0, 0.05) is 17.1 Å². The number of hydrogen-bond donors (Lipinski definition) is 0. The maximum Gasteiger partial charge on any atom is 0.123 e. The van der Waals surface area contributed by atoms with Crippen LogP contribution in [-0.4, -0.2) is 4.57 Å². The minimum absolute atomic E-state index is 0.343. The molecule has 3 aromatic rings. The minimum Gasteiger partial charge on any atom is -0.318 e. The molecule has 0 radical (unpaired) electrons. The average molecular weight is 344 g/mol. The van der Waals surface area contributed by atoms with Crippen molar-refractivity contribution in [3.05, 3.63) is 88.0 Å². The third-order valence-corrected chi connectivity index (χ3v) is 4.49. The molecule has 0 aliphatic heterocycles. The highest BCUT2D eigenvalue weighted by Gasteiger charge is 2.12. The van der Waals surface area contributed by atoms with E-state index in [2.05, 4.69) is 55.7 Å². The number of aryl methyl sites for hydroxylation is 3. The van der Waals surface area contributed by atoms with Gasteiger partial charge in [-0.1, -0.05) is 18.2 Å². The van der Waals surface area contributed by atoms with Crippen LogP contribution >= 0.6 is 0 Å². The van der Waals surface area contributed by atoms with E-state index in [1.54, 1.807) is 12.1 Å². The Balaban J connectivity index is 2.12. The van der Waals surface area contributed by atoms with E-state index in [4.69, 9.17) is 0 Å². The molecule has 0 fully saturated rings. The highest BCUT2D eigenvalue weighted by molar-refractivity contribution is 5.90. The molecule has 0 N–H and O–H groups in total. The summed E-state index contributed by atoms with van der Waals surface area (Å²) in [5.74, 6) is -0.343. The second-order valence-corrected chi connectivity index (χ2v) is 6.69. The van der Waals surface area contributed by atoms with Gasteiger partial charge in [0.15, 0.2) is 0 Å². The smallest absolute Gasteiger partial charge is 0.123 e. The molecular weight excluding hydrogens is 323 g/mol. The molecule has 130 valence electrons. The van der Waals surface area contributed by atoms with E-state index in [0.717, 1.165) is 22.6 Å². The lowest BCUT2D eigenvalue weighted by Crippen LogP contribution is -2.00. The zero-order chi connectivity index (χ0) is 18.8. The van der Waals surface area contributed by atoms with Crippen molar-refractivity contribution < 1.29 is 4.39 Å². The summed E-state index contributed by atoms with van der Waals surface area (Å²) in [6, 6.07) is 16.8. The molecule has 2 nitrogen and oxygen atoms in total. The number of nitrogens with zero attached hydrogens (tertiary/aromatic N) is 2. The summed E-state index contributed by atoms with van der Waals surface area (Å²) < 4.78 is 15.7. The summed E-state index contributed by atoms with van der Waals surface area (Å²) in [6.07, 6.45) is 1.83. The van der Waals surface area contributed by atoms with Crippen molar-refractivity contribution in [1.82, 2.24) is 4.57 Å². The predicted molar refractivity (Wildman–Crippen MR) is 105 cm³/mol. The Bertz CT molecular complexity index is 1030. The van der Waals surface area contributed by atoms with Crippen molar-refractivity contribution >= 4 is 11.6 Å². The number of halogens is 1. The van der Waals surface area contributed by atoms with E-state index in [9.17, 15) is 9.65 Å². The maximum absolute atomic E-state index is 13.5. The molecule has 2 aromatic carbocycles. The molecular formula is C23H21FN2. The Morgan fingerprint density at radius 1 is 1.00 bits per heavy atom. The van der Waals surface area contributed by atoms with Gasteiger partial charge in [0.1, 0.15) is 5.82 Å². The number of hydrogen-bond acceptors (Lipinski definition) is 1. The minimum atomic E-state index is -0.343. The molecule has 26 heavy (non-hydrogen) atoms. The van der Waals surface area contributed by atoms with E-state index in [0.29, 0.717) is 11.1 Å². The number of rotatable bonds is 3. The quantitative estimate of drug-likeness (QED) is 0.543. The van der Waals surface area contributed by atoms with Crippen LogP contribution in [0.4, 0.5) is 4.39 Å². The first-order valence-electron chi connectivity index (χ1n) is 8.54. The summed E-state index contributed by atoms with van der Waals surface area (Å²) in [6.45, 7) is 8.26. The van der Waals surface area contributed by atoms with Gasteiger partial charge in [-0.25, -0.2) is 4.39 Å². The van der Waals surface area contributed by atoms with Gasteiger partial charge >= 0.3 is 0 Å². The summed E-state index contributed by atoms with van der Waals surface area (Å²) in [5.41, 5.74) is 7.67. The number of allylic oxidation sites excluding steroid dienone is 1. The molecule has 0 amide bonds. The van der Waals surface area contributed by atoms with E-state index in [1.165, 1.54) is 23.3 Å². The Hall–Kier alpha value is -3.12. The molecule has 0 saturated heterocycles. The first-order valence-corrected chi connectivity index (χ1v) is 8.54. The van der Waals surface area contributed by atoms with E-state index >= 15 is 0 Å². The third-order valence-electron chi connectivity index (χ3n) is 4.49. The number of benzene rings is 2. The van der Waals surface area contributed by atoms with Gasteiger partial charge in [-0.05, 0) is 86.4 Å². The normalized spacial score (nSPS) is 11.5. The Morgan fingerprint density at radius 3 is 2.31 bits per heavy atom. The summed E-state index contributed by atoms with van der Waals surface area (Å²) in [4.78, 5) is 0. The van der Waals surface area contributed by atoms with Gasteiger partial charge in [-0.2, -0.15) is 5.26 Å². The fourth-order valence-electron chi connectivity index (χ4n) is 3.40. The van der Waals surface area contributed by atoms with Crippen molar-refractivity contribution in [2.24, 2.45) is 0 Å². The molecule has 1 heterocycles. The van der Waals surface area contributed by atoms with Crippen LogP contribution < -0.4 is 0 Å². The topological polar surface area (TPSA) is 28.7 Å². The summed E-state index contributed by atoms with van der Waals surface area (Å²) in [7, 11) is 0. The zero-order valence-corrected chi connectivity index (χ0v) is 15.5. The molecule has 0 aliphatic rings. The first kappa shape index (κ1) is 17.7. The van der Waals surface area contributed by atoms with E-state index < -0.39 is 0 Å². The van der Waals surface area contributed by atoms with Gasteiger partial charge in [-0.3, -0.25) is 0 Å². The lowest BCUT2D eigenvalue weighted by atomic mass is 10.0. The Morgan fingerprint density at radius 2 is 1.69 bits per heavy atom. The second-order valence-electron chi connectivity index (χ2n) is 6.69. The number of nitriles is 1. The van der Waals surface area contributed by atoms with Crippen LogP contribution in [-0.2, 0) is 0 Å². The van der Waals surface area contributed by atoms with E-state index in [1.807, 2.05) is 13.0 Å². The van der Waals surface area contributed by atoms with Crippen molar-refractivity contribution in [3.8, 4) is 11.8 Å². The Kier molecular flexibility index (Phi) is 4.77. The fraction of sp³-hybridized carbons (Fsp3) is 0.174. The SMILES string of the molecule is Cc1cc(C)cc(-n2c(C)cc(/C=C(/C#N)c3cccc(F)c3)c2C)c1. The summed E-state index contributed by atoms with van der Waals surface area (Å²) in [5, 5.41) is 9.54. The van der Waals surface area contributed by atoms with Crippen molar-refractivity contribution in [2.45, 2.75) is 27.7 Å². The summed E-state index contributed by atoms with van der Waals surface area (Å²) >= 11 is 0. The fourth-order valence-corrected chi connectivity index (χ4v) is 3.40. The van der Waals surface area contributed by atoms with E-state index in [-0.39, 0.29) is 5.82 Å². The van der Waals surface area contributed by atoms with Crippen LogP contribution in [0.5, 0.6) is 0 Å². The molecule has 0 unspecified atom stereocenters. The van der Waals surface area contributed by atoms with Crippen LogP contribution in [0, 0.1) is 44.8 Å². The van der Waals surface area contributed by atoms with Crippen molar-refractivity contribution in [3.63, 3.8) is 0 Å². The Labute approximate surface area is 153 Å². The van der Waals surface area contributed by atoms with Crippen LogP contribution in [0.15, 0.2) is 48.5 Å². The molecule has 0 atom stereocenters. The zero-order valence-electron chi connectivity index (χ0n) is 15.5. The molecule has 1 aromatic heterocycles. The van der Waals surface area contributed by atoms with Gasteiger partial charge in [-0.15, -0.1) is 0 Å². The van der Waals surface area contributed by atoms with Gasteiger partial charge in [0.25, 0.3) is 0 Å². The predicted octanol–water partition coefficient (Wildman–Crippen LogP) is 5.91. The van der Waals surface area contributed by atoms with Crippen LogP contribution in [0.2, 0.25) is 0 Å². The van der Waals surface area contributed by atoms with Gasteiger partial charge in [0.2, 0.25) is 0 Å².